The quantitative estimate of drug-likeness (QED) is 0.737. The molecule has 0 saturated heterocycles. The average Bonchev–Trinajstić information content (AvgIpc) is 2.67. The van der Waals surface area contributed by atoms with Gasteiger partial charge in [0.15, 0.2) is 0 Å². The van der Waals surface area contributed by atoms with Crippen LogP contribution in [0.1, 0.15) is 23.1 Å². The lowest BCUT2D eigenvalue weighted by Crippen LogP contribution is -2.34. The minimum atomic E-state index is -4.48. The van der Waals surface area contributed by atoms with Gasteiger partial charge in [0.1, 0.15) is 0 Å². The fourth-order valence-electron chi connectivity index (χ4n) is 2.82. The van der Waals surface area contributed by atoms with Gasteiger partial charge in [-0.1, -0.05) is 24.3 Å². The van der Waals surface area contributed by atoms with Crippen molar-refractivity contribution >= 4 is 29.3 Å². The van der Waals surface area contributed by atoms with Crippen LogP contribution in [0, 0.1) is 0 Å². The molecular formula is C20H19F3N2O3S. The van der Waals surface area contributed by atoms with Gasteiger partial charge >= 0.3 is 6.18 Å². The number of halogens is 3. The second-order valence-corrected chi connectivity index (χ2v) is 7.78. The van der Waals surface area contributed by atoms with Crippen LogP contribution in [0.5, 0.6) is 0 Å². The standard InChI is InChI=1S/C20H19F3N2O3S/c1-28-11-13-4-2-12(3-5-13)10-24-18(26)9-17-19(27)25-15-8-14(20(21,22)23)6-7-16(15)29-17/h2-8,17H,9-11H2,1H3,(H,24,26)(H,25,27). The van der Waals surface area contributed by atoms with Crippen molar-refractivity contribution in [1.82, 2.24) is 5.32 Å². The molecule has 1 heterocycles. The van der Waals surface area contributed by atoms with Gasteiger partial charge in [-0.25, -0.2) is 0 Å². The molecule has 2 aromatic rings. The van der Waals surface area contributed by atoms with Gasteiger partial charge in [-0.05, 0) is 29.3 Å². The third kappa shape index (κ3) is 5.51. The van der Waals surface area contributed by atoms with Gasteiger partial charge in [0.05, 0.1) is 23.1 Å². The molecule has 0 fully saturated rings. The van der Waals surface area contributed by atoms with Crippen LogP contribution >= 0.6 is 11.8 Å². The summed E-state index contributed by atoms with van der Waals surface area (Å²) in [4.78, 5) is 24.9. The number of carbonyl (C=O) groups excluding carboxylic acids is 2. The Morgan fingerprint density at radius 2 is 1.86 bits per heavy atom. The number of methoxy groups -OCH3 is 1. The van der Waals surface area contributed by atoms with E-state index in [0.29, 0.717) is 18.0 Å². The van der Waals surface area contributed by atoms with Crippen LogP contribution in [-0.4, -0.2) is 24.2 Å². The second kappa shape index (κ2) is 8.87. The van der Waals surface area contributed by atoms with Crippen LogP contribution in [0.3, 0.4) is 0 Å². The van der Waals surface area contributed by atoms with E-state index in [1.54, 1.807) is 7.11 Å². The molecular weight excluding hydrogens is 405 g/mol. The Balaban J connectivity index is 1.56. The largest absolute Gasteiger partial charge is 0.416 e. The first-order chi connectivity index (χ1) is 13.8. The van der Waals surface area contributed by atoms with Crippen molar-refractivity contribution in [2.75, 3.05) is 12.4 Å². The number of benzene rings is 2. The van der Waals surface area contributed by atoms with E-state index >= 15 is 0 Å². The molecule has 1 atom stereocenters. The lowest BCUT2D eigenvalue weighted by atomic mass is 10.1. The highest BCUT2D eigenvalue weighted by Crippen LogP contribution is 2.40. The third-order valence-electron chi connectivity index (χ3n) is 4.32. The topological polar surface area (TPSA) is 67.4 Å². The summed E-state index contributed by atoms with van der Waals surface area (Å²) in [5.41, 5.74) is 1.21. The first-order valence-corrected chi connectivity index (χ1v) is 9.66. The van der Waals surface area contributed by atoms with Crippen molar-refractivity contribution in [3.05, 3.63) is 59.2 Å². The zero-order valence-electron chi connectivity index (χ0n) is 15.5. The summed E-state index contributed by atoms with van der Waals surface area (Å²) >= 11 is 1.09. The van der Waals surface area contributed by atoms with Crippen LogP contribution in [-0.2, 0) is 33.7 Å². The van der Waals surface area contributed by atoms with Crippen LogP contribution in [0.2, 0.25) is 0 Å². The van der Waals surface area contributed by atoms with E-state index in [-0.39, 0.29) is 18.0 Å². The van der Waals surface area contributed by atoms with Crippen LogP contribution in [0.25, 0.3) is 0 Å². The lowest BCUT2D eigenvalue weighted by Gasteiger charge is -2.24. The van der Waals surface area contributed by atoms with Crippen molar-refractivity contribution in [2.45, 2.75) is 35.9 Å². The zero-order valence-corrected chi connectivity index (χ0v) is 16.3. The SMILES string of the molecule is COCc1ccc(CNC(=O)CC2Sc3ccc(C(F)(F)F)cc3NC2=O)cc1. The number of anilines is 1. The number of rotatable bonds is 6. The summed E-state index contributed by atoms with van der Waals surface area (Å²) in [7, 11) is 1.61. The maximum absolute atomic E-state index is 12.8. The van der Waals surface area contributed by atoms with Crippen LogP contribution < -0.4 is 10.6 Å². The van der Waals surface area contributed by atoms with Gasteiger partial charge in [0.25, 0.3) is 0 Å². The molecule has 1 aliphatic heterocycles. The Kier molecular flexibility index (Phi) is 6.49. The molecule has 154 valence electrons. The smallest absolute Gasteiger partial charge is 0.380 e. The van der Waals surface area contributed by atoms with Gasteiger partial charge < -0.3 is 15.4 Å². The lowest BCUT2D eigenvalue weighted by molar-refractivity contribution is -0.137. The van der Waals surface area contributed by atoms with Gasteiger partial charge in [0, 0.05) is 25.0 Å². The van der Waals surface area contributed by atoms with Crippen LogP contribution in [0.4, 0.5) is 18.9 Å². The Hall–Kier alpha value is -2.52. The molecule has 0 radical (unpaired) electrons. The molecule has 2 amide bonds. The number of alkyl halides is 3. The number of hydrogen-bond acceptors (Lipinski definition) is 4. The Morgan fingerprint density at radius 3 is 2.52 bits per heavy atom. The molecule has 0 aromatic heterocycles. The Morgan fingerprint density at radius 1 is 1.17 bits per heavy atom. The second-order valence-electron chi connectivity index (χ2n) is 6.53. The van der Waals surface area contributed by atoms with E-state index in [0.717, 1.165) is 35.0 Å². The molecule has 29 heavy (non-hydrogen) atoms. The highest BCUT2D eigenvalue weighted by molar-refractivity contribution is 8.01. The molecule has 0 saturated carbocycles. The summed E-state index contributed by atoms with van der Waals surface area (Å²) < 4.78 is 43.5. The number of amides is 2. The molecule has 9 heteroatoms. The number of carbonyl (C=O) groups is 2. The van der Waals surface area contributed by atoms with Crippen molar-refractivity contribution in [1.29, 1.82) is 0 Å². The van der Waals surface area contributed by atoms with Gasteiger partial charge in [-0.3, -0.25) is 9.59 Å². The highest BCUT2D eigenvalue weighted by atomic mass is 32.2. The molecule has 0 spiro atoms. The first kappa shape index (κ1) is 21.2. The molecule has 5 nitrogen and oxygen atoms in total. The van der Waals surface area contributed by atoms with Crippen LogP contribution in [0.15, 0.2) is 47.4 Å². The molecule has 1 aliphatic rings. The monoisotopic (exact) mass is 424 g/mol. The fourth-order valence-corrected chi connectivity index (χ4v) is 3.91. The van der Waals surface area contributed by atoms with E-state index in [4.69, 9.17) is 4.74 Å². The predicted molar refractivity (Wildman–Crippen MR) is 103 cm³/mol. The van der Waals surface area contributed by atoms with Crippen molar-refractivity contribution in [3.8, 4) is 0 Å². The van der Waals surface area contributed by atoms with E-state index < -0.39 is 22.9 Å². The van der Waals surface area contributed by atoms with Crippen molar-refractivity contribution in [2.24, 2.45) is 0 Å². The summed E-state index contributed by atoms with van der Waals surface area (Å²) in [6.07, 6.45) is -4.55. The maximum atomic E-state index is 12.8. The normalized spacial score (nSPS) is 16.1. The van der Waals surface area contributed by atoms with E-state index in [9.17, 15) is 22.8 Å². The number of ether oxygens (including phenoxy) is 1. The zero-order chi connectivity index (χ0) is 21.0. The number of nitrogens with one attached hydrogen (secondary N) is 2. The molecule has 3 rings (SSSR count). The van der Waals surface area contributed by atoms with Crippen molar-refractivity contribution < 1.29 is 27.5 Å². The number of fused-ring (bicyclic) bond motifs is 1. The fraction of sp³-hybridized carbons (Fsp3) is 0.300. The molecule has 2 N–H and O–H groups in total. The Labute approximate surface area is 170 Å². The summed E-state index contributed by atoms with van der Waals surface area (Å²) in [6, 6.07) is 10.8. The first-order valence-electron chi connectivity index (χ1n) is 8.78. The third-order valence-corrected chi connectivity index (χ3v) is 5.60. The van der Waals surface area contributed by atoms with E-state index in [1.165, 1.54) is 6.07 Å². The molecule has 2 aromatic carbocycles. The van der Waals surface area contributed by atoms with Gasteiger partial charge in [-0.2, -0.15) is 13.2 Å². The van der Waals surface area contributed by atoms with E-state index in [2.05, 4.69) is 10.6 Å². The summed E-state index contributed by atoms with van der Waals surface area (Å²) in [5, 5.41) is 4.52. The molecule has 1 unspecified atom stereocenters. The van der Waals surface area contributed by atoms with Gasteiger partial charge in [0.2, 0.25) is 11.8 Å². The molecule has 0 bridgehead atoms. The number of hydrogen-bond donors (Lipinski definition) is 2. The highest BCUT2D eigenvalue weighted by Gasteiger charge is 2.34. The number of thioether (sulfide) groups is 1. The summed E-state index contributed by atoms with van der Waals surface area (Å²) in [6.45, 7) is 0.823. The molecule has 0 aliphatic carbocycles. The van der Waals surface area contributed by atoms with E-state index in [1.807, 2.05) is 24.3 Å². The predicted octanol–water partition coefficient (Wildman–Crippen LogP) is 3.97. The minimum absolute atomic E-state index is 0.0707. The summed E-state index contributed by atoms with van der Waals surface area (Å²) in [5.74, 6) is -0.796. The van der Waals surface area contributed by atoms with Gasteiger partial charge in [-0.15, -0.1) is 11.8 Å². The van der Waals surface area contributed by atoms with Crippen molar-refractivity contribution in [3.63, 3.8) is 0 Å². The Bertz CT molecular complexity index is 901. The average molecular weight is 424 g/mol. The maximum Gasteiger partial charge on any atom is 0.416 e. The minimum Gasteiger partial charge on any atom is -0.380 e.